The van der Waals surface area contributed by atoms with Gasteiger partial charge in [0.1, 0.15) is 0 Å². The van der Waals surface area contributed by atoms with Crippen LogP contribution in [-0.2, 0) is 11.3 Å². The standard InChI is InChI=1S/C17H27N5O3.HI/c1-5-10-18-16(20-12-15(23)21-17(2,3)4)19-11-13-6-8-14(9-7-13)22(24)25;/h6-9H,5,10-12H2,1-4H3,(H,21,23)(H2,18,19,20);1H. The summed E-state index contributed by atoms with van der Waals surface area (Å²) in [5.41, 5.74) is 0.613. The van der Waals surface area contributed by atoms with Crippen LogP contribution >= 0.6 is 24.0 Å². The molecule has 0 bridgehead atoms. The largest absolute Gasteiger partial charge is 0.356 e. The van der Waals surface area contributed by atoms with E-state index < -0.39 is 4.92 Å². The first-order chi connectivity index (χ1) is 11.7. The fraction of sp³-hybridized carbons (Fsp3) is 0.529. The van der Waals surface area contributed by atoms with Crippen molar-refractivity contribution in [2.24, 2.45) is 4.99 Å². The van der Waals surface area contributed by atoms with Gasteiger partial charge in [-0.2, -0.15) is 0 Å². The maximum Gasteiger partial charge on any atom is 0.269 e. The first-order valence-corrected chi connectivity index (χ1v) is 8.28. The van der Waals surface area contributed by atoms with Crippen molar-refractivity contribution in [2.75, 3.05) is 13.1 Å². The van der Waals surface area contributed by atoms with E-state index in [0.29, 0.717) is 12.5 Å². The average Bonchev–Trinajstić information content (AvgIpc) is 2.53. The molecule has 1 aromatic rings. The van der Waals surface area contributed by atoms with Crippen LogP contribution in [0.2, 0.25) is 0 Å². The van der Waals surface area contributed by atoms with E-state index >= 15 is 0 Å². The number of hydrogen-bond acceptors (Lipinski definition) is 4. The van der Waals surface area contributed by atoms with E-state index in [1.807, 2.05) is 27.7 Å². The van der Waals surface area contributed by atoms with Crippen LogP contribution in [0.5, 0.6) is 0 Å². The van der Waals surface area contributed by atoms with Crippen LogP contribution < -0.4 is 16.0 Å². The minimum Gasteiger partial charge on any atom is -0.356 e. The van der Waals surface area contributed by atoms with Crippen molar-refractivity contribution >= 4 is 41.5 Å². The van der Waals surface area contributed by atoms with Crippen molar-refractivity contribution in [3.63, 3.8) is 0 Å². The minimum atomic E-state index is -0.434. The number of carbonyl (C=O) groups excluding carboxylic acids is 1. The fourth-order valence-electron chi connectivity index (χ4n) is 1.94. The fourth-order valence-corrected chi connectivity index (χ4v) is 1.94. The summed E-state index contributed by atoms with van der Waals surface area (Å²) in [5, 5.41) is 19.7. The van der Waals surface area contributed by atoms with Gasteiger partial charge in [0.25, 0.3) is 5.69 Å². The van der Waals surface area contributed by atoms with Gasteiger partial charge in [0.2, 0.25) is 5.91 Å². The molecule has 0 radical (unpaired) electrons. The Morgan fingerprint density at radius 2 is 1.81 bits per heavy atom. The SMILES string of the molecule is CCCNC(=NCc1ccc([N+](=O)[O-])cc1)NCC(=O)NC(C)(C)C.I. The highest BCUT2D eigenvalue weighted by Crippen LogP contribution is 2.12. The molecule has 0 fully saturated rings. The Morgan fingerprint density at radius 3 is 2.31 bits per heavy atom. The smallest absolute Gasteiger partial charge is 0.269 e. The Hall–Kier alpha value is -1.91. The molecule has 8 nitrogen and oxygen atoms in total. The number of nitrogens with zero attached hydrogens (tertiary/aromatic N) is 2. The Labute approximate surface area is 171 Å². The number of carbonyl (C=O) groups is 1. The number of guanidine groups is 1. The molecule has 0 saturated carbocycles. The van der Waals surface area contributed by atoms with E-state index in [-0.39, 0.29) is 47.7 Å². The van der Waals surface area contributed by atoms with Gasteiger partial charge in [-0.1, -0.05) is 19.1 Å². The number of hydrogen-bond donors (Lipinski definition) is 3. The number of rotatable bonds is 7. The van der Waals surface area contributed by atoms with Crippen molar-refractivity contribution in [1.82, 2.24) is 16.0 Å². The van der Waals surface area contributed by atoms with Crippen molar-refractivity contribution in [2.45, 2.75) is 46.2 Å². The van der Waals surface area contributed by atoms with Gasteiger partial charge in [-0.05, 0) is 32.8 Å². The second-order valence-corrected chi connectivity index (χ2v) is 6.67. The number of non-ortho nitro benzene ring substituents is 1. The van der Waals surface area contributed by atoms with Crippen LogP contribution in [0.3, 0.4) is 0 Å². The molecule has 0 saturated heterocycles. The number of nitro benzene ring substituents is 1. The first-order valence-electron chi connectivity index (χ1n) is 8.28. The average molecular weight is 477 g/mol. The number of aliphatic imine (C=N–C) groups is 1. The van der Waals surface area contributed by atoms with E-state index in [1.165, 1.54) is 12.1 Å². The van der Waals surface area contributed by atoms with Crippen molar-refractivity contribution in [3.8, 4) is 0 Å². The van der Waals surface area contributed by atoms with Gasteiger partial charge in [-0.15, -0.1) is 24.0 Å². The van der Waals surface area contributed by atoms with Crippen LogP contribution in [0.1, 0.15) is 39.7 Å². The molecule has 0 aromatic heterocycles. The topological polar surface area (TPSA) is 109 Å². The van der Waals surface area contributed by atoms with Crippen LogP contribution in [0.25, 0.3) is 0 Å². The zero-order valence-electron chi connectivity index (χ0n) is 15.7. The molecule has 1 rings (SSSR count). The zero-order chi connectivity index (χ0) is 18.9. The third-order valence-corrected chi connectivity index (χ3v) is 3.04. The molecule has 1 aromatic carbocycles. The number of halogens is 1. The van der Waals surface area contributed by atoms with Gasteiger partial charge in [-0.3, -0.25) is 14.9 Å². The van der Waals surface area contributed by atoms with Crippen molar-refractivity contribution < 1.29 is 9.72 Å². The lowest BCUT2D eigenvalue weighted by Crippen LogP contribution is -2.48. The molecule has 0 unspecified atom stereocenters. The summed E-state index contributed by atoms with van der Waals surface area (Å²) < 4.78 is 0. The van der Waals surface area contributed by atoms with Crippen LogP contribution in [0.15, 0.2) is 29.3 Å². The minimum absolute atomic E-state index is 0. The molecule has 0 heterocycles. The molecule has 3 N–H and O–H groups in total. The lowest BCUT2D eigenvalue weighted by Gasteiger charge is -2.21. The number of amides is 1. The second-order valence-electron chi connectivity index (χ2n) is 6.67. The van der Waals surface area contributed by atoms with Crippen molar-refractivity contribution in [3.05, 3.63) is 39.9 Å². The Bertz CT molecular complexity index is 612. The lowest BCUT2D eigenvalue weighted by atomic mass is 10.1. The van der Waals surface area contributed by atoms with Gasteiger partial charge in [0.15, 0.2) is 5.96 Å². The molecule has 0 atom stereocenters. The number of nitro groups is 1. The molecule has 0 aliphatic rings. The Kier molecular flexibility index (Phi) is 10.8. The molecular formula is C17H28IN5O3. The highest BCUT2D eigenvalue weighted by atomic mass is 127. The highest BCUT2D eigenvalue weighted by Gasteiger charge is 2.13. The number of benzene rings is 1. The van der Waals surface area contributed by atoms with Crippen LogP contribution in [-0.4, -0.2) is 35.4 Å². The second kappa shape index (κ2) is 11.7. The van der Waals surface area contributed by atoms with Gasteiger partial charge in [0, 0.05) is 24.2 Å². The molecule has 0 aliphatic carbocycles. The van der Waals surface area contributed by atoms with E-state index in [2.05, 4.69) is 20.9 Å². The van der Waals surface area contributed by atoms with E-state index in [4.69, 9.17) is 0 Å². The summed E-state index contributed by atoms with van der Waals surface area (Å²) in [6.07, 6.45) is 0.923. The first kappa shape index (κ1) is 24.1. The quantitative estimate of drug-likeness (QED) is 0.184. The van der Waals surface area contributed by atoms with Gasteiger partial charge < -0.3 is 16.0 Å². The normalized spacial score (nSPS) is 11.3. The van der Waals surface area contributed by atoms with Gasteiger partial charge in [0.05, 0.1) is 18.0 Å². The molecule has 0 aliphatic heterocycles. The number of nitrogens with one attached hydrogen (secondary N) is 3. The maximum absolute atomic E-state index is 11.9. The third kappa shape index (κ3) is 10.2. The predicted octanol–water partition coefficient (Wildman–Crippen LogP) is 2.57. The Balaban J connectivity index is 0.00000625. The summed E-state index contributed by atoms with van der Waals surface area (Å²) in [7, 11) is 0. The molecule has 26 heavy (non-hydrogen) atoms. The summed E-state index contributed by atoms with van der Waals surface area (Å²) in [5.74, 6) is 0.415. The van der Waals surface area contributed by atoms with Crippen LogP contribution in [0.4, 0.5) is 5.69 Å². The van der Waals surface area contributed by atoms with E-state index in [1.54, 1.807) is 12.1 Å². The third-order valence-electron chi connectivity index (χ3n) is 3.04. The van der Waals surface area contributed by atoms with Crippen molar-refractivity contribution in [1.29, 1.82) is 0 Å². The lowest BCUT2D eigenvalue weighted by molar-refractivity contribution is -0.384. The zero-order valence-corrected chi connectivity index (χ0v) is 18.0. The highest BCUT2D eigenvalue weighted by molar-refractivity contribution is 14.0. The van der Waals surface area contributed by atoms with E-state index in [0.717, 1.165) is 18.5 Å². The molecule has 9 heteroatoms. The van der Waals surface area contributed by atoms with E-state index in [9.17, 15) is 14.9 Å². The molecule has 1 amide bonds. The predicted molar refractivity (Wildman–Crippen MR) is 114 cm³/mol. The molecule has 0 spiro atoms. The monoisotopic (exact) mass is 477 g/mol. The molecular weight excluding hydrogens is 449 g/mol. The summed E-state index contributed by atoms with van der Waals surface area (Å²) in [6, 6.07) is 6.25. The van der Waals surface area contributed by atoms with Crippen LogP contribution in [0, 0.1) is 10.1 Å². The Morgan fingerprint density at radius 1 is 1.19 bits per heavy atom. The van der Waals surface area contributed by atoms with Gasteiger partial charge in [-0.25, -0.2) is 4.99 Å². The summed E-state index contributed by atoms with van der Waals surface area (Å²) in [6.45, 7) is 9.00. The summed E-state index contributed by atoms with van der Waals surface area (Å²) >= 11 is 0. The maximum atomic E-state index is 11.9. The molecule has 146 valence electrons. The van der Waals surface area contributed by atoms with Gasteiger partial charge >= 0.3 is 0 Å². The summed E-state index contributed by atoms with van der Waals surface area (Å²) in [4.78, 5) is 26.5.